The maximum Gasteiger partial charge on any atom is 0.220 e. The predicted octanol–water partition coefficient (Wildman–Crippen LogP) is 2.58. The molecule has 8 nitrogen and oxygen atoms in total. The molecule has 0 saturated carbocycles. The van der Waals surface area contributed by atoms with Crippen molar-refractivity contribution < 1.29 is 23.7 Å². The van der Waals surface area contributed by atoms with Gasteiger partial charge in [0, 0.05) is 32.3 Å². The minimum Gasteiger partial charge on any atom is -0.493 e. The number of benzene rings is 1. The Labute approximate surface area is 183 Å². The Morgan fingerprint density at radius 3 is 2.61 bits per heavy atom. The van der Waals surface area contributed by atoms with Gasteiger partial charge in [-0.3, -0.25) is 4.79 Å². The maximum atomic E-state index is 12.4. The van der Waals surface area contributed by atoms with Gasteiger partial charge in [0.2, 0.25) is 11.7 Å². The summed E-state index contributed by atoms with van der Waals surface area (Å²) < 4.78 is 21.8. The lowest BCUT2D eigenvalue weighted by molar-refractivity contribution is -0.121. The van der Waals surface area contributed by atoms with E-state index < -0.39 is 0 Å². The zero-order valence-corrected chi connectivity index (χ0v) is 18.6. The van der Waals surface area contributed by atoms with E-state index in [1.54, 1.807) is 21.3 Å². The molecule has 2 aromatic rings. The molecule has 2 heterocycles. The summed E-state index contributed by atoms with van der Waals surface area (Å²) in [5.74, 6) is 2.61. The molecule has 1 aromatic carbocycles. The van der Waals surface area contributed by atoms with Crippen molar-refractivity contribution in [3.8, 4) is 17.2 Å². The molecular formula is C23H31N3O5. The van der Waals surface area contributed by atoms with Gasteiger partial charge in [-0.2, -0.15) is 0 Å². The number of hydrogen-bond donors (Lipinski definition) is 1. The van der Waals surface area contributed by atoms with E-state index in [1.165, 1.54) is 0 Å². The average Bonchev–Trinajstić information content (AvgIpc) is 2.80. The Bertz CT molecular complexity index is 872. The Hall–Kier alpha value is -3.00. The molecule has 0 radical (unpaired) electrons. The molecule has 1 aliphatic rings. The van der Waals surface area contributed by atoms with Gasteiger partial charge in [-0.1, -0.05) is 12.1 Å². The van der Waals surface area contributed by atoms with Crippen LogP contribution in [-0.2, 0) is 22.5 Å². The van der Waals surface area contributed by atoms with Crippen LogP contribution in [0, 0.1) is 0 Å². The van der Waals surface area contributed by atoms with Crippen molar-refractivity contribution in [2.75, 3.05) is 45.9 Å². The molecule has 1 aromatic heterocycles. The van der Waals surface area contributed by atoms with E-state index >= 15 is 0 Å². The number of anilines is 1. The van der Waals surface area contributed by atoms with Gasteiger partial charge in [0.05, 0.1) is 34.0 Å². The number of rotatable bonds is 9. The number of morpholine rings is 1. The zero-order chi connectivity index (χ0) is 22.2. The monoisotopic (exact) mass is 429 g/mol. The molecule has 1 N–H and O–H groups in total. The van der Waals surface area contributed by atoms with Crippen LogP contribution in [0.4, 0.5) is 5.82 Å². The third kappa shape index (κ3) is 5.79. The van der Waals surface area contributed by atoms with Gasteiger partial charge in [0.15, 0.2) is 11.5 Å². The number of carbonyl (C=O) groups excluding carboxylic acids is 1. The fourth-order valence-corrected chi connectivity index (χ4v) is 3.63. The average molecular weight is 430 g/mol. The van der Waals surface area contributed by atoms with Gasteiger partial charge in [-0.05, 0) is 36.6 Å². The highest BCUT2D eigenvalue weighted by atomic mass is 16.5. The summed E-state index contributed by atoms with van der Waals surface area (Å²) >= 11 is 0. The van der Waals surface area contributed by atoms with E-state index in [9.17, 15) is 4.79 Å². The van der Waals surface area contributed by atoms with Crippen LogP contribution >= 0.6 is 0 Å². The van der Waals surface area contributed by atoms with Crippen LogP contribution in [0.25, 0.3) is 0 Å². The van der Waals surface area contributed by atoms with Crippen molar-refractivity contribution in [1.29, 1.82) is 0 Å². The summed E-state index contributed by atoms with van der Waals surface area (Å²) in [6.45, 7) is 4.89. The highest BCUT2D eigenvalue weighted by Gasteiger charge is 2.18. The molecule has 1 unspecified atom stereocenters. The lowest BCUT2D eigenvalue weighted by atomic mass is 10.1. The standard InChI is InChI=1S/C23H31N3O5/c1-16-15-26(11-12-31-16)20-9-5-17(13-24-20)14-25-21(27)10-7-18-6-8-19(28-2)23(30-4)22(18)29-3/h5-6,8-9,13,16H,7,10-12,14-15H2,1-4H3,(H,25,27). The molecular weight excluding hydrogens is 398 g/mol. The summed E-state index contributed by atoms with van der Waals surface area (Å²) in [4.78, 5) is 19.1. The first-order valence-corrected chi connectivity index (χ1v) is 10.4. The van der Waals surface area contributed by atoms with Crippen LogP contribution in [0.1, 0.15) is 24.5 Å². The molecule has 1 atom stereocenters. The summed E-state index contributed by atoms with van der Waals surface area (Å²) in [5.41, 5.74) is 1.85. The number of aromatic nitrogens is 1. The second kappa shape index (κ2) is 10.9. The number of nitrogens with one attached hydrogen (secondary N) is 1. The molecule has 0 aliphatic carbocycles. The molecule has 31 heavy (non-hydrogen) atoms. The molecule has 0 spiro atoms. The molecule has 1 aliphatic heterocycles. The molecule has 1 amide bonds. The third-order valence-corrected chi connectivity index (χ3v) is 5.27. The quantitative estimate of drug-likeness (QED) is 0.656. The largest absolute Gasteiger partial charge is 0.493 e. The fourth-order valence-electron chi connectivity index (χ4n) is 3.63. The second-order valence-electron chi connectivity index (χ2n) is 7.42. The smallest absolute Gasteiger partial charge is 0.220 e. The van der Waals surface area contributed by atoms with Crippen molar-refractivity contribution in [2.24, 2.45) is 0 Å². The fraction of sp³-hybridized carbons (Fsp3) is 0.478. The van der Waals surface area contributed by atoms with Gasteiger partial charge in [-0.25, -0.2) is 4.98 Å². The van der Waals surface area contributed by atoms with E-state index in [2.05, 4.69) is 22.1 Å². The van der Waals surface area contributed by atoms with E-state index in [0.29, 0.717) is 43.2 Å². The number of methoxy groups -OCH3 is 3. The van der Waals surface area contributed by atoms with Crippen molar-refractivity contribution in [1.82, 2.24) is 10.3 Å². The number of pyridine rings is 1. The number of nitrogens with zero attached hydrogens (tertiary/aromatic N) is 2. The minimum atomic E-state index is -0.0390. The van der Waals surface area contributed by atoms with E-state index in [-0.39, 0.29) is 12.0 Å². The van der Waals surface area contributed by atoms with Gasteiger partial charge in [0.25, 0.3) is 0 Å². The first kappa shape index (κ1) is 22.7. The van der Waals surface area contributed by atoms with E-state index in [4.69, 9.17) is 18.9 Å². The van der Waals surface area contributed by atoms with E-state index in [1.807, 2.05) is 30.5 Å². The number of amides is 1. The Balaban J connectivity index is 1.51. The number of hydrogen-bond acceptors (Lipinski definition) is 7. The van der Waals surface area contributed by atoms with Crippen molar-refractivity contribution >= 4 is 11.7 Å². The highest BCUT2D eigenvalue weighted by molar-refractivity contribution is 5.76. The van der Waals surface area contributed by atoms with Crippen molar-refractivity contribution in [2.45, 2.75) is 32.4 Å². The predicted molar refractivity (Wildman–Crippen MR) is 118 cm³/mol. The molecule has 3 rings (SSSR count). The topological polar surface area (TPSA) is 82.2 Å². The highest BCUT2D eigenvalue weighted by Crippen LogP contribution is 2.40. The van der Waals surface area contributed by atoms with Crippen LogP contribution < -0.4 is 24.4 Å². The molecule has 0 bridgehead atoms. The van der Waals surface area contributed by atoms with Crippen LogP contribution in [-0.4, -0.2) is 58.0 Å². The normalized spacial score (nSPS) is 16.0. The zero-order valence-electron chi connectivity index (χ0n) is 18.6. The molecule has 1 fully saturated rings. The summed E-state index contributed by atoms with van der Waals surface area (Å²) in [6, 6.07) is 7.70. The van der Waals surface area contributed by atoms with Crippen LogP contribution in [0.3, 0.4) is 0 Å². The third-order valence-electron chi connectivity index (χ3n) is 5.27. The van der Waals surface area contributed by atoms with Gasteiger partial charge >= 0.3 is 0 Å². The number of aryl methyl sites for hydroxylation is 1. The first-order chi connectivity index (χ1) is 15.0. The van der Waals surface area contributed by atoms with Crippen LogP contribution in [0.2, 0.25) is 0 Å². The SMILES string of the molecule is COc1ccc(CCC(=O)NCc2ccc(N3CCOC(C)C3)nc2)c(OC)c1OC. The number of carbonyl (C=O) groups is 1. The van der Waals surface area contributed by atoms with Crippen molar-refractivity contribution in [3.05, 3.63) is 41.6 Å². The number of ether oxygens (including phenoxy) is 4. The second-order valence-corrected chi connectivity index (χ2v) is 7.42. The lowest BCUT2D eigenvalue weighted by Gasteiger charge is -2.32. The molecule has 168 valence electrons. The summed E-state index contributed by atoms with van der Waals surface area (Å²) in [6.07, 6.45) is 2.89. The minimum absolute atomic E-state index is 0.0390. The van der Waals surface area contributed by atoms with Crippen LogP contribution in [0.15, 0.2) is 30.5 Å². The Kier molecular flexibility index (Phi) is 7.94. The Morgan fingerprint density at radius 1 is 1.16 bits per heavy atom. The first-order valence-electron chi connectivity index (χ1n) is 10.4. The van der Waals surface area contributed by atoms with Gasteiger partial charge < -0.3 is 29.2 Å². The van der Waals surface area contributed by atoms with Crippen molar-refractivity contribution in [3.63, 3.8) is 0 Å². The van der Waals surface area contributed by atoms with Crippen LogP contribution in [0.5, 0.6) is 17.2 Å². The van der Waals surface area contributed by atoms with Gasteiger partial charge in [-0.15, -0.1) is 0 Å². The summed E-state index contributed by atoms with van der Waals surface area (Å²) in [7, 11) is 4.72. The molecule has 1 saturated heterocycles. The van der Waals surface area contributed by atoms with Gasteiger partial charge in [0.1, 0.15) is 5.82 Å². The maximum absolute atomic E-state index is 12.4. The summed E-state index contributed by atoms with van der Waals surface area (Å²) in [5, 5.41) is 2.95. The Morgan fingerprint density at radius 2 is 1.97 bits per heavy atom. The molecule has 8 heteroatoms. The lowest BCUT2D eigenvalue weighted by Crippen LogP contribution is -2.41. The van der Waals surface area contributed by atoms with E-state index in [0.717, 1.165) is 30.0 Å².